The zero-order chi connectivity index (χ0) is 15.2. The van der Waals surface area contributed by atoms with Gasteiger partial charge in [0.2, 0.25) is 17.7 Å². The average molecular weight is 289 g/mol. The maximum absolute atomic E-state index is 12.3. The van der Waals surface area contributed by atoms with Crippen molar-refractivity contribution in [3.63, 3.8) is 0 Å². The number of hydrogen-bond donors (Lipinski definition) is 2. The summed E-state index contributed by atoms with van der Waals surface area (Å²) >= 11 is 0. The van der Waals surface area contributed by atoms with Crippen LogP contribution in [0.25, 0.3) is 0 Å². The van der Waals surface area contributed by atoms with Crippen LogP contribution < -0.4 is 20.1 Å². The minimum atomic E-state index is -0.364. The lowest BCUT2D eigenvalue weighted by Gasteiger charge is -2.09. The number of rotatable bonds is 5. The summed E-state index contributed by atoms with van der Waals surface area (Å²) in [5, 5.41) is 5.49. The molecule has 2 N–H and O–H groups in total. The van der Waals surface area contributed by atoms with E-state index in [1.165, 1.54) is 26.5 Å². The molecule has 0 spiro atoms. The van der Waals surface area contributed by atoms with Gasteiger partial charge in [-0.15, -0.1) is 0 Å². The van der Waals surface area contributed by atoms with Crippen LogP contribution in [0.15, 0.2) is 24.5 Å². The van der Waals surface area contributed by atoms with E-state index in [-0.39, 0.29) is 11.9 Å². The Balaban J connectivity index is 2.27. The van der Waals surface area contributed by atoms with Crippen LogP contribution in [-0.2, 0) is 0 Å². The van der Waals surface area contributed by atoms with Crippen molar-refractivity contribution < 1.29 is 14.3 Å². The molecular weight excluding hydrogens is 274 g/mol. The highest BCUT2D eigenvalue weighted by Gasteiger charge is 2.13. The molecule has 2 heterocycles. The third kappa shape index (κ3) is 3.35. The summed E-state index contributed by atoms with van der Waals surface area (Å²) in [7, 11) is 4.64. The van der Waals surface area contributed by atoms with E-state index in [0.29, 0.717) is 23.0 Å². The van der Waals surface area contributed by atoms with Crippen LogP contribution in [0.1, 0.15) is 10.4 Å². The number of amides is 1. The molecule has 0 aliphatic carbocycles. The first-order valence-electron chi connectivity index (χ1n) is 6.08. The van der Waals surface area contributed by atoms with Gasteiger partial charge in [-0.3, -0.25) is 15.1 Å². The SMILES string of the molecule is CNc1cnccc1C(=O)Nc1nc(OC)cc(OC)n1. The fourth-order valence-corrected chi connectivity index (χ4v) is 1.63. The average Bonchev–Trinajstić information content (AvgIpc) is 2.54. The Hall–Kier alpha value is -2.90. The standard InChI is InChI=1S/C13H15N5O3/c1-14-9-7-15-5-4-8(9)12(19)18-13-16-10(20-2)6-11(17-13)21-3/h4-7,14H,1-3H3,(H,16,17,18,19). The highest BCUT2D eigenvalue weighted by Crippen LogP contribution is 2.19. The maximum atomic E-state index is 12.3. The third-order valence-electron chi connectivity index (χ3n) is 2.66. The van der Waals surface area contributed by atoms with Gasteiger partial charge < -0.3 is 14.8 Å². The predicted octanol–water partition coefficient (Wildman–Crippen LogP) is 1.18. The van der Waals surface area contributed by atoms with Gasteiger partial charge in [-0.1, -0.05) is 0 Å². The topological polar surface area (TPSA) is 98.3 Å². The second-order valence-electron chi connectivity index (χ2n) is 3.90. The molecule has 1 amide bonds. The minimum Gasteiger partial charge on any atom is -0.481 e. The second kappa shape index (κ2) is 6.51. The first kappa shape index (κ1) is 14.5. The molecule has 0 bridgehead atoms. The number of pyridine rings is 1. The normalized spacial score (nSPS) is 9.86. The third-order valence-corrected chi connectivity index (χ3v) is 2.66. The zero-order valence-electron chi connectivity index (χ0n) is 11.9. The van der Waals surface area contributed by atoms with Gasteiger partial charge in [0.15, 0.2) is 0 Å². The van der Waals surface area contributed by atoms with Gasteiger partial charge in [0.1, 0.15) is 0 Å². The van der Waals surface area contributed by atoms with Crippen molar-refractivity contribution in [2.75, 3.05) is 31.9 Å². The van der Waals surface area contributed by atoms with Crippen molar-refractivity contribution in [2.24, 2.45) is 0 Å². The van der Waals surface area contributed by atoms with Gasteiger partial charge in [-0.2, -0.15) is 9.97 Å². The molecule has 2 aromatic heterocycles. The summed E-state index contributed by atoms with van der Waals surface area (Å²) < 4.78 is 10.0. The Morgan fingerprint density at radius 3 is 2.43 bits per heavy atom. The van der Waals surface area contributed by atoms with Gasteiger partial charge in [0, 0.05) is 13.2 Å². The zero-order valence-corrected chi connectivity index (χ0v) is 11.9. The molecule has 0 saturated carbocycles. The van der Waals surface area contributed by atoms with E-state index in [2.05, 4.69) is 25.6 Å². The maximum Gasteiger partial charge on any atom is 0.260 e. The number of methoxy groups -OCH3 is 2. The molecule has 0 aliphatic rings. The van der Waals surface area contributed by atoms with Gasteiger partial charge in [0.25, 0.3) is 5.91 Å². The van der Waals surface area contributed by atoms with Gasteiger partial charge >= 0.3 is 0 Å². The van der Waals surface area contributed by atoms with E-state index in [9.17, 15) is 4.79 Å². The van der Waals surface area contributed by atoms with E-state index in [1.54, 1.807) is 19.3 Å². The molecule has 0 unspecified atom stereocenters. The summed E-state index contributed by atoms with van der Waals surface area (Å²) in [5.41, 5.74) is 1.03. The summed E-state index contributed by atoms with van der Waals surface area (Å²) in [6.45, 7) is 0. The molecule has 0 atom stereocenters. The van der Waals surface area contributed by atoms with E-state index in [0.717, 1.165) is 0 Å². The monoisotopic (exact) mass is 289 g/mol. The number of ether oxygens (including phenoxy) is 2. The molecule has 2 rings (SSSR count). The Morgan fingerprint density at radius 2 is 1.86 bits per heavy atom. The molecule has 8 nitrogen and oxygen atoms in total. The largest absolute Gasteiger partial charge is 0.481 e. The van der Waals surface area contributed by atoms with E-state index < -0.39 is 0 Å². The summed E-state index contributed by atoms with van der Waals surface area (Å²) in [6.07, 6.45) is 3.09. The first-order chi connectivity index (χ1) is 10.2. The number of carbonyl (C=O) groups excluding carboxylic acids is 1. The molecule has 0 aromatic carbocycles. The van der Waals surface area contributed by atoms with Crippen molar-refractivity contribution in [3.05, 3.63) is 30.1 Å². The van der Waals surface area contributed by atoms with Crippen molar-refractivity contribution in [3.8, 4) is 11.8 Å². The van der Waals surface area contributed by atoms with Gasteiger partial charge in [-0.05, 0) is 6.07 Å². The molecule has 0 saturated heterocycles. The predicted molar refractivity (Wildman–Crippen MR) is 76.9 cm³/mol. The molecule has 2 aromatic rings. The summed E-state index contributed by atoms with van der Waals surface area (Å²) in [4.78, 5) is 24.3. The van der Waals surface area contributed by atoms with Gasteiger partial charge in [-0.25, -0.2) is 0 Å². The van der Waals surface area contributed by atoms with E-state index in [4.69, 9.17) is 9.47 Å². The minimum absolute atomic E-state index is 0.0927. The number of carbonyl (C=O) groups is 1. The highest BCUT2D eigenvalue weighted by molar-refractivity contribution is 6.07. The quantitative estimate of drug-likeness (QED) is 0.852. The van der Waals surface area contributed by atoms with E-state index >= 15 is 0 Å². The Labute approximate surface area is 121 Å². The number of nitrogens with one attached hydrogen (secondary N) is 2. The van der Waals surface area contributed by atoms with Gasteiger partial charge in [0.05, 0.1) is 37.7 Å². The molecule has 8 heteroatoms. The van der Waals surface area contributed by atoms with Crippen molar-refractivity contribution in [1.82, 2.24) is 15.0 Å². The van der Waals surface area contributed by atoms with Crippen LogP contribution in [0.2, 0.25) is 0 Å². The first-order valence-corrected chi connectivity index (χ1v) is 6.08. The lowest BCUT2D eigenvalue weighted by molar-refractivity contribution is 0.102. The lowest BCUT2D eigenvalue weighted by atomic mass is 10.2. The Bertz CT molecular complexity index is 625. The second-order valence-corrected chi connectivity index (χ2v) is 3.90. The van der Waals surface area contributed by atoms with Crippen LogP contribution in [0.4, 0.5) is 11.6 Å². The van der Waals surface area contributed by atoms with E-state index in [1.807, 2.05) is 0 Å². The Morgan fingerprint density at radius 1 is 1.19 bits per heavy atom. The van der Waals surface area contributed by atoms with Crippen molar-refractivity contribution in [2.45, 2.75) is 0 Å². The molecular formula is C13H15N5O3. The Kier molecular flexibility index (Phi) is 4.50. The smallest absolute Gasteiger partial charge is 0.260 e. The molecule has 110 valence electrons. The number of nitrogens with zero attached hydrogens (tertiary/aromatic N) is 3. The van der Waals surface area contributed by atoms with Crippen LogP contribution in [-0.4, -0.2) is 42.1 Å². The molecule has 0 radical (unpaired) electrons. The molecule has 0 fully saturated rings. The highest BCUT2D eigenvalue weighted by atomic mass is 16.5. The van der Waals surface area contributed by atoms with Crippen LogP contribution in [0.3, 0.4) is 0 Å². The number of hydrogen-bond acceptors (Lipinski definition) is 7. The van der Waals surface area contributed by atoms with Crippen molar-refractivity contribution >= 4 is 17.5 Å². The number of anilines is 2. The molecule has 0 aliphatic heterocycles. The lowest BCUT2D eigenvalue weighted by Crippen LogP contribution is -2.16. The molecule has 21 heavy (non-hydrogen) atoms. The summed E-state index contributed by atoms with van der Waals surface area (Å²) in [6, 6.07) is 3.11. The van der Waals surface area contributed by atoms with Crippen molar-refractivity contribution in [1.29, 1.82) is 0 Å². The van der Waals surface area contributed by atoms with Crippen LogP contribution in [0.5, 0.6) is 11.8 Å². The van der Waals surface area contributed by atoms with Crippen LogP contribution in [0, 0.1) is 0 Å². The summed E-state index contributed by atoms with van der Waals surface area (Å²) in [5.74, 6) is 0.313. The number of aromatic nitrogens is 3. The fourth-order valence-electron chi connectivity index (χ4n) is 1.63. The van der Waals surface area contributed by atoms with Crippen LogP contribution >= 0.6 is 0 Å². The fraction of sp³-hybridized carbons (Fsp3) is 0.231.